The molecule has 0 saturated carbocycles. The minimum atomic E-state index is -1.98. The number of aromatic amines is 1. The number of aliphatic hydroxyl groups is 1. The molecule has 1 saturated heterocycles. The van der Waals surface area contributed by atoms with Gasteiger partial charge in [-0.05, 0) is 18.1 Å². The van der Waals surface area contributed by atoms with Crippen LogP contribution >= 0.6 is 0 Å². The average molecular weight is 579 g/mol. The number of hydrogen-bond acceptors (Lipinski definition) is 7. The number of hydrogen-bond donors (Lipinski definition) is 3. The van der Waals surface area contributed by atoms with Gasteiger partial charge in [0.15, 0.2) is 0 Å². The number of nitrogens with zero attached hydrogens (tertiary/aromatic N) is 3. The van der Waals surface area contributed by atoms with Crippen LogP contribution in [0.1, 0.15) is 46.8 Å². The van der Waals surface area contributed by atoms with Crippen LogP contribution in [-0.4, -0.2) is 60.1 Å². The predicted molar refractivity (Wildman–Crippen MR) is 120 cm³/mol. The topological polar surface area (TPSA) is 131 Å². The Morgan fingerprint density at radius 3 is 2.84 bits per heavy atom. The molecule has 1 aliphatic heterocycles. The van der Waals surface area contributed by atoms with E-state index in [1.54, 1.807) is 4.57 Å². The summed E-state index contributed by atoms with van der Waals surface area (Å²) in [5.74, 6) is 0.0985. The zero-order valence-electron chi connectivity index (χ0n) is 19.4. The molecule has 1 fully saturated rings. The van der Waals surface area contributed by atoms with Gasteiger partial charge in [-0.25, -0.2) is 0 Å². The number of anilines is 1. The van der Waals surface area contributed by atoms with E-state index in [1.807, 2.05) is 6.92 Å². The first-order valence-corrected chi connectivity index (χ1v) is 16.3. The molecular formula is C20H33IN5O5Si-. The number of halogens is 1. The maximum atomic E-state index is 12.4. The molecule has 12 heteroatoms. The molecule has 0 bridgehead atoms. The third kappa shape index (κ3) is 5.58. The predicted octanol–water partition coefficient (Wildman–Crippen LogP) is -0.179. The molecule has 32 heavy (non-hydrogen) atoms. The number of nitrogens with one attached hydrogen (secondary N) is 2. The third-order valence-electron chi connectivity index (χ3n) is 5.98. The van der Waals surface area contributed by atoms with Crippen molar-refractivity contribution in [3.63, 3.8) is 0 Å². The number of fused-ring (bicyclic) bond motifs is 1. The number of alkyl halides is 1. The summed E-state index contributed by atoms with van der Waals surface area (Å²) in [6, 6.07) is 0. The molecular weight excluding hydrogens is 545 g/mol. The van der Waals surface area contributed by atoms with Crippen molar-refractivity contribution in [2.45, 2.75) is 77.1 Å². The van der Waals surface area contributed by atoms with Crippen LogP contribution in [0.5, 0.6) is 0 Å². The van der Waals surface area contributed by atoms with E-state index in [1.165, 1.54) is 6.33 Å². The van der Waals surface area contributed by atoms with Crippen LogP contribution in [0.15, 0.2) is 11.1 Å². The number of ether oxygens (including phenoxy) is 1. The van der Waals surface area contributed by atoms with Crippen molar-refractivity contribution in [1.82, 2.24) is 19.5 Å². The van der Waals surface area contributed by atoms with E-state index in [9.17, 15) is 14.7 Å². The number of amides is 1. The fraction of sp³-hybridized carbons (Fsp3) is 0.700. The van der Waals surface area contributed by atoms with Gasteiger partial charge in [-0.3, -0.25) is 0 Å². The number of H-pyrrole nitrogens is 1. The van der Waals surface area contributed by atoms with Gasteiger partial charge in [-0.15, -0.1) is 0 Å². The van der Waals surface area contributed by atoms with Crippen LogP contribution in [-0.2, 0) is 9.16 Å². The van der Waals surface area contributed by atoms with E-state index in [0.29, 0.717) is 18.7 Å². The molecule has 1 aliphatic rings. The first kappa shape index (κ1) is 25.3. The van der Waals surface area contributed by atoms with Crippen LogP contribution < -0.4 is 32.1 Å². The van der Waals surface area contributed by atoms with Gasteiger partial charge in [0.05, 0.1) is 0 Å². The van der Waals surface area contributed by atoms with Crippen LogP contribution in [0.25, 0.3) is 11.2 Å². The number of rotatable bonds is 8. The second-order valence-electron chi connectivity index (χ2n) is 9.46. The standard InChI is InChI=1S/C20H33IN5O5Si/c1-7-8-21-18(29)25-19-23-16-15(17(28)24-19)22-11-26(16)14-9-12(27)13(31-14)10-30-32(5,6)20(2,3)4/h11-14,27H,7-10H2,1-6H3,(H2,23,24,25,28,29)/q-1/t12-,13-,14-/m0/s1. The Labute approximate surface area is 198 Å². The summed E-state index contributed by atoms with van der Waals surface area (Å²) in [6.45, 7) is 13.1. The maximum absolute atomic E-state index is 12.4. The zero-order valence-corrected chi connectivity index (χ0v) is 22.6. The first-order valence-electron chi connectivity index (χ1n) is 10.8. The van der Waals surface area contributed by atoms with Crippen LogP contribution in [0.4, 0.5) is 10.7 Å². The fourth-order valence-corrected chi connectivity index (χ4v) is 5.54. The molecule has 2 aromatic heterocycles. The van der Waals surface area contributed by atoms with Gasteiger partial charge in [-0.1, -0.05) is 20.8 Å². The molecule has 0 aliphatic carbocycles. The summed E-state index contributed by atoms with van der Waals surface area (Å²) in [4.78, 5) is 35.7. The molecule has 3 atom stereocenters. The zero-order chi connectivity index (χ0) is 23.7. The van der Waals surface area contributed by atoms with Gasteiger partial charge in [0, 0.05) is 0 Å². The molecule has 2 aromatic rings. The number of aliphatic hydroxyl groups excluding tert-OH is 1. The fourth-order valence-electron chi connectivity index (χ4n) is 3.05. The third-order valence-corrected chi connectivity index (χ3v) is 13.1. The van der Waals surface area contributed by atoms with E-state index in [-0.39, 0.29) is 20.4 Å². The first-order chi connectivity index (χ1) is 14.9. The van der Waals surface area contributed by atoms with Crippen molar-refractivity contribution < 1.29 is 40.3 Å². The van der Waals surface area contributed by atoms with Crippen molar-refractivity contribution in [2.75, 3.05) is 16.4 Å². The van der Waals surface area contributed by atoms with E-state index < -0.39 is 53.5 Å². The summed E-state index contributed by atoms with van der Waals surface area (Å²) in [7, 11) is -1.98. The van der Waals surface area contributed by atoms with Gasteiger partial charge in [0.2, 0.25) is 0 Å². The Balaban J connectivity index is 1.76. The van der Waals surface area contributed by atoms with Gasteiger partial charge in [-0.2, -0.15) is 0 Å². The average Bonchev–Trinajstić information content (AvgIpc) is 3.27. The summed E-state index contributed by atoms with van der Waals surface area (Å²) < 4.78 is 14.7. The second kappa shape index (κ2) is 9.87. The Bertz CT molecular complexity index is 1020. The summed E-state index contributed by atoms with van der Waals surface area (Å²) in [6.07, 6.45) is 1.03. The Morgan fingerprint density at radius 2 is 2.19 bits per heavy atom. The Morgan fingerprint density at radius 1 is 1.47 bits per heavy atom. The van der Waals surface area contributed by atoms with Gasteiger partial charge < -0.3 is 0 Å². The molecule has 0 spiro atoms. The van der Waals surface area contributed by atoms with E-state index in [4.69, 9.17) is 9.16 Å². The summed E-state index contributed by atoms with van der Waals surface area (Å²) >= 11 is -0.662. The summed E-state index contributed by atoms with van der Waals surface area (Å²) in [5, 5.41) is 13.3. The van der Waals surface area contributed by atoms with Crippen molar-refractivity contribution in [3.8, 4) is 0 Å². The molecule has 3 heterocycles. The van der Waals surface area contributed by atoms with Gasteiger partial charge in [0.25, 0.3) is 0 Å². The number of aromatic nitrogens is 4. The molecule has 3 rings (SSSR count). The van der Waals surface area contributed by atoms with E-state index >= 15 is 0 Å². The normalized spacial score (nSPS) is 22.0. The van der Waals surface area contributed by atoms with Crippen LogP contribution in [0.3, 0.4) is 0 Å². The number of imidazole rings is 1. The molecule has 0 aromatic carbocycles. The quantitative estimate of drug-likeness (QED) is 0.130. The van der Waals surface area contributed by atoms with Crippen molar-refractivity contribution in [1.29, 1.82) is 0 Å². The molecule has 0 radical (unpaired) electrons. The Kier molecular flexibility index (Phi) is 7.80. The minimum absolute atomic E-state index is 0.0572. The molecule has 10 nitrogen and oxygen atoms in total. The van der Waals surface area contributed by atoms with Crippen molar-refractivity contribution in [2.24, 2.45) is 0 Å². The Hall–Kier alpha value is -1.35. The molecule has 1 amide bonds. The molecule has 0 unspecified atom stereocenters. The van der Waals surface area contributed by atoms with Crippen molar-refractivity contribution >= 4 is 29.3 Å². The van der Waals surface area contributed by atoms with Gasteiger partial charge >= 0.3 is 160 Å². The summed E-state index contributed by atoms with van der Waals surface area (Å²) in [5.41, 5.74) is 0.0281. The molecule has 180 valence electrons. The van der Waals surface area contributed by atoms with Crippen LogP contribution in [0.2, 0.25) is 18.1 Å². The van der Waals surface area contributed by atoms with Crippen LogP contribution in [0, 0.1) is 0 Å². The monoisotopic (exact) mass is 578 g/mol. The SMILES string of the molecule is CCC[I-]C(=O)Nc1nc2c(ncn2[C@@H]2C[C@H](O)[C@H](CO[Si](C)(C)C(C)(C)C)O2)c(=O)[nH]1. The van der Waals surface area contributed by atoms with Gasteiger partial charge in [0.1, 0.15) is 0 Å². The van der Waals surface area contributed by atoms with E-state index in [0.717, 1.165) is 10.8 Å². The van der Waals surface area contributed by atoms with Crippen molar-refractivity contribution in [3.05, 3.63) is 16.7 Å². The van der Waals surface area contributed by atoms with E-state index in [2.05, 4.69) is 54.1 Å². The number of carbonyl (C=O) groups excluding carboxylic acids is 1. The molecule has 3 N–H and O–H groups in total. The number of carbonyl (C=O) groups is 1. The second-order valence-corrected chi connectivity index (χ2v) is 17.1.